The van der Waals surface area contributed by atoms with Gasteiger partial charge >= 0.3 is 0 Å². The summed E-state index contributed by atoms with van der Waals surface area (Å²) in [6, 6.07) is 1.93. The van der Waals surface area contributed by atoms with Crippen molar-refractivity contribution in [2.45, 2.75) is 20.8 Å². The summed E-state index contributed by atoms with van der Waals surface area (Å²) in [5, 5.41) is 4.61. The van der Waals surface area contributed by atoms with E-state index in [1.165, 1.54) is 0 Å². The van der Waals surface area contributed by atoms with Crippen LogP contribution >= 0.6 is 0 Å². The van der Waals surface area contributed by atoms with Crippen molar-refractivity contribution in [3.05, 3.63) is 24.0 Å². The van der Waals surface area contributed by atoms with Gasteiger partial charge in [0.15, 0.2) is 0 Å². The molecule has 2 aromatic rings. The van der Waals surface area contributed by atoms with Crippen LogP contribution in [0.5, 0.6) is 0 Å². The topological polar surface area (TPSA) is 38.9 Å². The van der Waals surface area contributed by atoms with E-state index in [4.69, 9.17) is 4.52 Å². The Balaban J connectivity index is 0.000000336. The minimum atomic E-state index is 0.611. The Hall–Kier alpha value is -1.38. The lowest BCUT2D eigenvalue weighted by Gasteiger charge is -1.87. The maximum atomic E-state index is 4.84. The Morgan fingerprint density at radius 1 is 1.33 bits per heavy atom. The van der Waals surface area contributed by atoms with Crippen LogP contribution in [0.3, 0.4) is 0 Å². The van der Waals surface area contributed by atoms with E-state index >= 15 is 0 Å². The average molecular weight is 164 g/mol. The van der Waals surface area contributed by atoms with Crippen molar-refractivity contribution in [2.24, 2.45) is 0 Å². The minimum Gasteiger partial charge on any atom is -0.336 e. The summed E-state index contributed by atoms with van der Waals surface area (Å²) in [5.41, 5.74) is 1.76. The lowest BCUT2D eigenvalue weighted by molar-refractivity contribution is 0.448. The first-order valence-corrected chi connectivity index (χ1v) is 4.04. The summed E-state index contributed by atoms with van der Waals surface area (Å²) in [7, 11) is 0. The van der Waals surface area contributed by atoms with Gasteiger partial charge in [0.25, 0.3) is 5.71 Å². The molecule has 0 N–H and O–H groups in total. The molecule has 2 rings (SSSR count). The molecule has 0 atom stereocenters. The van der Waals surface area contributed by atoms with Gasteiger partial charge in [-0.05, 0) is 18.6 Å². The molecule has 0 radical (unpaired) electrons. The Morgan fingerprint density at radius 2 is 2.08 bits per heavy atom. The van der Waals surface area contributed by atoms with Gasteiger partial charge in [0, 0.05) is 6.20 Å². The fourth-order valence-electron chi connectivity index (χ4n) is 0.904. The number of fused-ring (bicyclic) bond motifs is 1. The highest BCUT2D eigenvalue weighted by Crippen LogP contribution is 2.13. The van der Waals surface area contributed by atoms with Gasteiger partial charge in [-0.25, -0.2) is 4.98 Å². The molecule has 0 spiro atoms. The normalized spacial score (nSPS) is 9.25. The number of pyridine rings is 1. The fourth-order valence-corrected chi connectivity index (χ4v) is 0.904. The molecule has 2 heterocycles. The first kappa shape index (κ1) is 8.71. The van der Waals surface area contributed by atoms with Crippen molar-refractivity contribution >= 4 is 11.1 Å². The number of aryl methyl sites for hydroxylation is 1. The molecule has 0 saturated heterocycles. The molecular formula is C9H12N2O. The number of hydrogen-bond donors (Lipinski definition) is 0. The standard InChI is InChI=1S/C7H6N2O.C2H6/c1-5-2-3-8-7-6(5)4-9-10-7;1-2/h2-4H,1H3;1-2H3. The van der Waals surface area contributed by atoms with Crippen LogP contribution in [0.25, 0.3) is 11.1 Å². The van der Waals surface area contributed by atoms with Crippen molar-refractivity contribution in [1.82, 2.24) is 10.1 Å². The van der Waals surface area contributed by atoms with Gasteiger partial charge < -0.3 is 4.52 Å². The first-order chi connectivity index (χ1) is 5.88. The maximum absolute atomic E-state index is 4.84. The third-order valence-corrected chi connectivity index (χ3v) is 1.49. The predicted molar refractivity (Wildman–Crippen MR) is 47.9 cm³/mol. The average Bonchev–Trinajstić information content (AvgIpc) is 2.57. The Morgan fingerprint density at radius 3 is 2.75 bits per heavy atom. The van der Waals surface area contributed by atoms with Gasteiger partial charge in [0.2, 0.25) is 0 Å². The molecule has 0 aromatic carbocycles. The lowest BCUT2D eigenvalue weighted by atomic mass is 10.2. The third-order valence-electron chi connectivity index (χ3n) is 1.49. The van der Waals surface area contributed by atoms with Crippen LogP contribution in [0.15, 0.2) is 23.0 Å². The zero-order valence-electron chi connectivity index (χ0n) is 7.53. The third kappa shape index (κ3) is 1.44. The van der Waals surface area contributed by atoms with Crippen LogP contribution in [0.4, 0.5) is 0 Å². The van der Waals surface area contributed by atoms with E-state index in [9.17, 15) is 0 Å². The van der Waals surface area contributed by atoms with Gasteiger partial charge in [-0.1, -0.05) is 19.0 Å². The van der Waals surface area contributed by atoms with E-state index < -0.39 is 0 Å². The molecule has 3 heteroatoms. The predicted octanol–water partition coefficient (Wildman–Crippen LogP) is 2.56. The molecule has 0 bridgehead atoms. The van der Waals surface area contributed by atoms with E-state index in [0.29, 0.717) is 5.71 Å². The zero-order chi connectivity index (χ0) is 8.97. The SMILES string of the molecule is CC.Cc1ccnc2oncc12. The first-order valence-electron chi connectivity index (χ1n) is 4.04. The summed E-state index contributed by atoms with van der Waals surface area (Å²) in [6.45, 7) is 6.00. The van der Waals surface area contributed by atoms with Gasteiger partial charge in [-0.2, -0.15) is 0 Å². The van der Waals surface area contributed by atoms with E-state index in [0.717, 1.165) is 10.9 Å². The van der Waals surface area contributed by atoms with Crippen molar-refractivity contribution in [1.29, 1.82) is 0 Å². The Labute approximate surface area is 71.4 Å². The molecule has 0 unspecified atom stereocenters. The molecule has 0 aliphatic carbocycles. The zero-order valence-corrected chi connectivity index (χ0v) is 7.53. The van der Waals surface area contributed by atoms with Crippen LogP contribution in [0.1, 0.15) is 19.4 Å². The summed E-state index contributed by atoms with van der Waals surface area (Å²) < 4.78 is 4.84. The molecule has 12 heavy (non-hydrogen) atoms. The highest BCUT2D eigenvalue weighted by molar-refractivity contribution is 5.75. The van der Waals surface area contributed by atoms with Crippen LogP contribution < -0.4 is 0 Å². The maximum Gasteiger partial charge on any atom is 0.257 e. The smallest absolute Gasteiger partial charge is 0.257 e. The second kappa shape index (κ2) is 3.85. The van der Waals surface area contributed by atoms with E-state index in [1.807, 2.05) is 26.8 Å². The monoisotopic (exact) mass is 164 g/mol. The molecule has 0 aliphatic rings. The van der Waals surface area contributed by atoms with Crippen LogP contribution in [-0.2, 0) is 0 Å². The number of aromatic nitrogens is 2. The highest BCUT2D eigenvalue weighted by Gasteiger charge is 1.99. The second-order valence-corrected chi connectivity index (χ2v) is 2.17. The molecule has 64 valence electrons. The highest BCUT2D eigenvalue weighted by atomic mass is 16.5. The van der Waals surface area contributed by atoms with Gasteiger partial charge in [0.05, 0.1) is 11.6 Å². The van der Waals surface area contributed by atoms with Gasteiger partial charge in [-0.15, -0.1) is 0 Å². The molecule has 3 nitrogen and oxygen atoms in total. The summed E-state index contributed by atoms with van der Waals surface area (Å²) in [6.07, 6.45) is 3.39. The van der Waals surface area contributed by atoms with Gasteiger partial charge in [-0.3, -0.25) is 0 Å². The Bertz CT molecular complexity index is 354. The largest absolute Gasteiger partial charge is 0.336 e. The number of hydrogen-bond acceptors (Lipinski definition) is 3. The van der Waals surface area contributed by atoms with Crippen molar-refractivity contribution in [3.8, 4) is 0 Å². The van der Waals surface area contributed by atoms with Gasteiger partial charge in [0.1, 0.15) is 0 Å². The summed E-state index contributed by atoms with van der Waals surface area (Å²) in [5.74, 6) is 0. The second-order valence-electron chi connectivity index (χ2n) is 2.17. The quantitative estimate of drug-likeness (QED) is 0.600. The van der Waals surface area contributed by atoms with Crippen LogP contribution in [0.2, 0.25) is 0 Å². The molecule has 0 amide bonds. The van der Waals surface area contributed by atoms with E-state index in [1.54, 1.807) is 12.4 Å². The van der Waals surface area contributed by atoms with Crippen molar-refractivity contribution in [2.75, 3.05) is 0 Å². The molecule has 0 saturated carbocycles. The minimum absolute atomic E-state index is 0.611. The molecule has 0 fully saturated rings. The summed E-state index contributed by atoms with van der Waals surface area (Å²) >= 11 is 0. The molecule has 0 aliphatic heterocycles. The van der Waals surface area contributed by atoms with Crippen molar-refractivity contribution in [3.63, 3.8) is 0 Å². The van der Waals surface area contributed by atoms with Crippen LogP contribution in [-0.4, -0.2) is 10.1 Å². The molecular weight excluding hydrogens is 152 g/mol. The van der Waals surface area contributed by atoms with Crippen molar-refractivity contribution < 1.29 is 4.52 Å². The lowest BCUT2D eigenvalue weighted by Crippen LogP contribution is -1.74. The van der Waals surface area contributed by atoms with E-state index in [-0.39, 0.29) is 0 Å². The number of rotatable bonds is 0. The fraction of sp³-hybridized carbons (Fsp3) is 0.333. The van der Waals surface area contributed by atoms with Crippen LogP contribution in [0, 0.1) is 6.92 Å². The number of nitrogens with zero attached hydrogens (tertiary/aromatic N) is 2. The summed E-state index contributed by atoms with van der Waals surface area (Å²) in [4.78, 5) is 3.97. The Kier molecular flexibility index (Phi) is 2.80. The molecule has 2 aromatic heterocycles. The van der Waals surface area contributed by atoms with E-state index in [2.05, 4.69) is 10.1 Å².